The molecule has 156 valence electrons. The number of piperidine rings is 1. The van der Waals surface area contributed by atoms with Gasteiger partial charge in [-0.15, -0.1) is 0 Å². The van der Waals surface area contributed by atoms with Gasteiger partial charge in [-0.1, -0.05) is 0 Å². The molecule has 1 fully saturated rings. The number of nitrogens with zero attached hydrogens (tertiary/aromatic N) is 1. The van der Waals surface area contributed by atoms with Crippen LogP contribution in [0.2, 0.25) is 0 Å². The predicted molar refractivity (Wildman–Crippen MR) is 109 cm³/mol. The van der Waals surface area contributed by atoms with Crippen LogP contribution in [0.25, 0.3) is 11.3 Å². The first kappa shape index (κ1) is 20.9. The smallest absolute Gasteiger partial charge is 0.410 e. The van der Waals surface area contributed by atoms with Crippen molar-refractivity contribution >= 4 is 18.1 Å². The van der Waals surface area contributed by atoms with E-state index in [0.717, 1.165) is 18.5 Å². The third-order valence-corrected chi connectivity index (χ3v) is 4.84. The second-order valence-electron chi connectivity index (χ2n) is 8.30. The van der Waals surface area contributed by atoms with Gasteiger partial charge in [0.05, 0.1) is 0 Å². The number of ether oxygens (including phenoxy) is 1. The quantitative estimate of drug-likeness (QED) is 0.716. The summed E-state index contributed by atoms with van der Waals surface area (Å²) in [6.45, 7) is 7.58. The zero-order valence-corrected chi connectivity index (χ0v) is 17.0. The molecule has 0 saturated carbocycles. The zero-order chi connectivity index (χ0) is 21.0. The van der Waals surface area contributed by atoms with Crippen LogP contribution in [0.5, 0.6) is 0 Å². The summed E-state index contributed by atoms with van der Waals surface area (Å²) in [5.41, 5.74) is 0.821. The molecule has 0 atom stereocenters. The molecule has 1 aliphatic rings. The average Bonchev–Trinajstić information content (AvgIpc) is 3.15. The minimum absolute atomic E-state index is 0.199. The number of hydrogen-bond acceptors (Lipinski definition) is 5. The number of hydrogen-bond donors (Lipinski definition) is 1. The number of aldehydes is 1. The average molecular weight is 402 g/mol. The number of nitrogens with one attached hydrogen (secondary N) is 1. The predicted octanol–water partition coefficient (Wildman–Crippen LogP) is 4.96. The van der Waals surface area contributed by atoms with Crippen LogP contribution in [-0.4, -0.2) is 42.5 Å². The van der Waals surface area contributed by atoms with Gasteiger partial charge in [-0.05, 0) is 69.9 Å². The van der Waals surface area contributed by atoms with E-state index in [1.807, 2.05) is 20.8 Å². The standard InChI is InChI=1S/C22H27FN2O4/c1-22(2,3)29-21(27)25-10-8-15(9-11-25)13-24-19-6-4-16(23)12-18(19)20-7-5-17(14-26)28-20/h4-7,12,14-15,24H,8-11,13H2,1-3H3. The summed E-state index contributed by atoms with van der Waals surface area (Å²) in [5, 5.41) is 3.37. The fourth-order valence-corrected chi connectivity index (χ4v) is 3.34. The van der Waals surface area contributed by atoms with Gasteiger partial charge in [0.2, 0.25) is 0 Å². The maximum Gasteiger partial charge on any atom is 0.410 e. The Morgan fingerprint density at radius 1 is 1.28 bits per heavy atom. The lowest BCUT2D eigenvalue weighted by molar-refractivity contribution is 0.0188. The molecule has 6 nitrogen and oxygen atoms in total. The normalized spacial score (nSPS) is 15.2. The first-order valence-corrected chi connectivity index (χ1v) is 9.82. The van der Waals surface area contributed by atoms with Crippen LogP contribution < -0.4 is 5.32 Å². The van der Waals surface area contributed by atoms with Gasteiger partial charge in [-0.25, -0.2) is 9.18 Å². The van der Waals surface area contributed by atoms with Crippen LogP contribution in [0.1, 0.15) is 44.2 Å². The van der Waals surface area contributed by atoms with E-state index in [1.54, 1.807) is 23.1 Å². The summed E-state index contributed by atoms with van der Waals surface area (Å²) in [4.78, 5) is 24.8. The summed E-state index contributed by atoms with van der Waals surface area (Å²) >= 11 is 0. The molecule has 29 heavy (non-hydrogen) atoms. The van der Waals surface area contributed by atoms with Gasteiger partial charge in [0.1, 0.15) is 17.2 Å². The summed E-state index contributed by atoms with van der Waals surface area (Å²) < 4.78 is 24.6. The monoisotopic (exact) mass is 402 g/mol. The van der Waals surface area contributed by atoms with Crippen molar-refractivity contribution in [3.05, 3.63) is 41.9 Å². The number of rotatable bonds is 5. The van der Waals surface area contributed by atoms with Gasteiger partial charge in [0, 0.05) is 30.9 Å². The minimum atomic E-state index is -0.496. The Kier molecular flexibility index (Phi) is 6.25. The van der Waals surface area contributed by atoms with Crippen LogP contribution in [-0.2, 0) is 4.74 Å². The number of halogens is 1. The van der Waals surface area contributed by atoms with E-state index in [1.165, 1.54) is 12.1 Å². The Morgan fingerprint density at radius 3 is 2.62 bits per heavy atom. The lowest BCUT2D eigenvalue weighted by Crippen LogP contribution is -2.42. The highest BCUT2D eigenvalue weighted by Gasteiger charge is 2.27. The lowest BCUT2D eigenvalue weighted by Gasteiger charge is -2.33. The van der Waals surface area contributed by atoms with Crippen LogP contribution in [0, 0.1) is 11.7 Å². The van der Waals surface area contributed by atoms with E-state index in [4.69, 9.17) is 9.15 Å². The highest BCUT2D eigenvalue weighted by atomic mass is 19.1. The van der Waals surface area contributed by atoms with Crippen LogP contribution in [0.15, 0.2) is 34.7 Å². The first-order chi connectivity index (χ1) is 13.7. The molecule has 0 bridgehead atoms. The molecular formula is C22H27FN2O4. The number of amides is 1. The number of anilines is 1. The first-order valence-electron chi connectivity index (χ1n) is 9.82. The van der Waals surface area contributed by atoms with Gasteiger partial charge in [-0.2, -0.15) is 0 Å². The Balaban J connectivity index is 1.59. The second-order valence-corrected chi connectivity index (χ2v) is 8.30. The summed E-state index contributed by atoms with van der Waals surface area (Å²) in [5.74, 6) is 0.646. The third-order valence-electron chi connectivity index (χ3n) is 4.84. The highest BCUT2D eigenvalue weighted by Crippen LogP contribution is 2.31. The largest absolute Gasteiger partial charge is 0.453 e. The van der Waals surface area contributed by atoms with E-state index >= 15 is 0 Å². The summed E-state index contributed by atoms with van der Waals surface area (Å²) in [6, 6.07) is 7.66. The van der Waals surface area contributed by atoms with Crippen molar-refractivity contribution in [1.29, 1.82) is 0 Å². The molecule has 1 aromatic heterocycles. The van der Waals surface area contributed by atoms with E-state index in [2.05, 4.69) is 5.32 Å². The van der Waals surface area contributed by atoms with E-state index in [9.17, 15) is 14.0 Å². The molecule has 1 aliphatic heterocycles. The van der Waals surface area contributed by atoms with Crippen molar-refractivity contribution in [2.24, 2.45) is 5.92 Å². The van der Waals surface area contributed by atoms with E-state index in [0.29, 0.717) is 43.2 Å². The van der Waals surface area contributed by atoms with Crippen LogP contribution >= 0.6 is 0 Å². The molecule has 0 unspecified atom stereocenters. The fourth-order valence-electron chi connectivity index (χ4n) is 3.34. The van der Waals surface area contributed by atoms with Crippen LogP contribution in [0.3, 0.4) is 0 Å². The van der Waals surface area contributed by atoms with Gasteiger partial charge in [0.25, 0.3) is 0 Å². The number of benzene rings is 1. The number of carbonyl (C=O) groups excluding carboxylic acids is 2. The molecule has 2 heterocycles. The molecule has 0 spiro atoms. The molecule has 3 rings (SSSR count). The van der Waals surface area contributed by atoms with Crippen molar-refractivity contribution in [1.82, 2.24) is 4.90 Å². The van der Waals surface area contributed by atoms with Gasteiger partial charge < -0.3 is 19.4 Å². The molecule has 7 heteroatoms. The summed E-state index contributed by atoms with van der Waals surface area (Å²) in [6.07, 6.45) is 2.07. The minimum Gasteiger partial charge on any atom is -0.453 e. The molecule has 1 N–H and O–H groups in total. The topological polar surface area (TPSA) is 71.8 Å². The third kappa shape index (κ3) is 5.59. The fraction of sp³-hybridized carbons (Fsp3) is 0.455. The van der Waals surface area contributed by atoms with Crippen molar-refractivity contribution in [3.8, 4) is 11.3 Å². The van der Waals surface area contributed by atoms with Crippen molar-refractivity contribution < 1.29 is 23.1 Å². The Labute approximate surface area is 170 Å². The number of carbonyl (C=O) groups is 2. The molecule has 1 amide bonds. The van der Waals surface area contributed by atoms with Crippen LogP contribution in [0.4, 0.5) is 14.9 Å². The SMILES string of the molecule is CC(C)(C)OC(=O)N1CCC(CNc2ccc(F)cc2-c2ccc(C=O)o2)CC1. The van der Waals surface area contributed by atoms with E-state index in [-0.39, 0.29) is 17.7 Å². The van der Waals surface area contributed by atoms with Gasteiger partial charge in [-0.3, -0.25) is 4.79 Å². The molecule has 1 saturated heterocycles. The summed E-state index contributed by atoms with van der Waals surface area (Å²) in [7, 11) is 0. The van der Waals surface area contributed by atoms with E-state index < -0.39 is 5.60 Å². The zero-order valence-electron chi connectivity index (χ0n) is 17.0. The van der Waals surface area contributed by atoms with Crippen molar-refractivity contribution in [2.75, 3.05) is 25.0 Å². The van der Waals surface area contributed by atoms with Crippen molar-refractivity contribution in [3.63, 3.8) is 0 Å². The molecular weight excluding hydrogens is 375 g/mol. The second kappa shape index (κ2) is 8.68. The molecule has 0 aliphatic carbocycles. The maximum atomic E-state index is 13.8. The maximum absolute atomic E-state index is 13.8. The lowest BCUT2D eigenvalue weighted by atomic mass is 9.96. The molecule has 1 aromatic carbocycles. The molecule has 2 aromatic rings. The highest BCUT2D eigenvalue weighted by molar-refractivity contribution is 5.78. The van der Waals surface area contributed by atoms with Gasteiger partial charge in [0.15, 0.2) is 12.0 Å². The Morgan fingerprint density at radius 2 is 2.00 bits per heavy atom. The Hall–Kier alpha value is -2.83. The van der Waals surface area contributed by atoms with Gasteiger partial charge >= 0.3 is 6.09 Å². The Bertz CT molecular complexity index is 864. The number of furan rings is 1. The molecule has 0 radical (unpaired) electrons. The van der Waals surface area contributed by atoms with Crippen molar-refractivity contribution in [2.45, 2.75) is 39.2 Å². The number of likely N-dealkylation sites (tertiary alicyclic amines) is 1.